The Bertz CT molecular complexity index is 495. The third-order valence-electron chi connectivity index (χ3n) is 4.32. The third-order valence-corrected chi connectivity index (χ3v) is 5.00. The fourth-order valence-corrected chi connectivity index (χ4v) is 3.92. The van der Waals surface area contributed by atoms with Gasteiger partial charge >= 0.3 is 0 Å². The number of hydrogen-bond acceptors (Lipinski definition) is 4. The van der Waals surface area contributed by atoms with Crippen molar-refractivity contribution in [3.8, 4) is 11.5 Å². The first-order valence-corrected chi connectivity index (χ1v) is 8.18. The predicted octanol–water partition coefficient (Wildman–Crippen LogP) is 3.20. The lowest BCUT2D eigenvalue weighted by atomic mass is 10.0. The van der Waals surface area contributed by atoms with Crippen LogP contribution in [0.25, 0.3) is 0 Å². The lowest BCUT2D eigenvalue weighted by Crippen LogP contribution is -2.36. The molecule has 1 aromatic carbocycles. The Balaban J connectivity index is 2.38. The van der Waals surface area contributed by atoms with Gasteiger partial charge in [0, 0.05) is 29.6 Å². The summed E-state index contributed by atoms with van der Waals surface area (Å²) in [6.07, 6.45) is 1.22. The van der Waals surface area contributed by atoms with Crippen LogP contribution in [0, 0.1) is 5.92 Å². The number of ether oxygens (including phenoxy) is 2. The number of nitrogens with two attached hydrogens (primary N) is 1. The quantitative estimate of drug-likeness (QED) is 0.879. The molecule has 118 valence electrons. The predicted molar refractivity (Wildman–Crippen MR) is 89.0 cm³/mol. The van der Waals surface area contributed by atoms with Crippen LogP contribution in [0.4, 0.5) is 0 Å². The Kier molecular flexibility index (Phi) is 5.52. The molecular weight excluding hydrogens is 332 g/mol. The van der Waals surface area contributed by atoms with E-state index >= 15 is 0 Å². The van der Waals surface area contributed by atoms with Crippen LogP contribution in [0.3, 0.4) is 0 Å². The lowest BCUT2D eigenvalue weighted by molar-refractivity contribution is 0.191. The van der Waals surface area contributed by atoms with Crippen molar-refractivity contribution in [2.24, 2.45) is 11.7 Å². The smallest absolute Gasteiger partial charge is 0.161 e. The molecule has 0 amide bonds. The number of benzene rings is 1. The summed E-state index contributed by atoms with van der Waals surface area (Å²) in [6.45, 7) is 6.25. The summed E-state index contributed by atoms with van der Waals surface area (Å²) >= 11 is 3.66. The van der Waals surface area contributed by atoms with Gasteiger partial charge in [0.15, 0.2) is 11.5 Å². The summed E-state index contributed by atoms with van der Waals surface area (Å²) < 4.78 is 11.8. The molecule has 2 rings (SSSR count). The molecule has 1 aliphatic heterocycles. The van der Waals surface area contributed by atoms with Crippen molar-refractivity contribution in [1.82, 2.24) is 4.90 Å². The van der Waals surface area contributed by atoms with Gasteiger partial charge in [-0.1, -0.05) is 22.9 Å². The Morgan fingerprint density at radius 1 is 1.29 bits per heavy atom. The summed E-state index contributed by atoms with van der Waals surface area (Å²) in [5.41, 5.74) is 7.25. The van der Waals surface area contributed by atoms with E-state index in [4.69, 9.17) is 15.2 Å². The van der Waals surface area contributed by atoms with Gasteiger partial charge in [-0.2, -0.15) is 0 Å². The highest BCUT2D eigenvalue weighted by Crippen LogP contribution is 2.40. The molecule has 21 heavy (non-hydrogen) atoms. The first kappa shape index (κ1) is 16.6. The molecule has 3 atom stereocenters. The van der Waals surface area contributed by atoms with Crippen LogP contribution in [-0.2, 0) is 0 Å². The maximum atomic E-state index is 6.09. The largest absolute Gasteiger partial charge is 0.493 e. The minimum atomic E-state index is 0.194. The van der Waals surface area contributed by atoms with Gasteiger partial charge in [0.1, 0.15) is 0 Å². The summed E-state index contributed by atoms with van der Waals surface area (Å²) in [5, 5.41) is 0. The Morgan fingerprint density at radius 2 is 1.90 bits per heavy atom. The molecule has 3 unspecified atom stereocenters. The molecule has 1 aliphatic rings. The van der Waals surface area contributed by atoms with Crippen molar-refractivity contribution in [1.29, 1.82) is 0 Å². The molecular formula is C16H25BrN2O2. The van der Waals surface area contributed by atoms with Crippen molar-refractivity contribution in [2.45, 2.75) is 32.4 Å². The van der Waals surface area contributed by atoms with E-state index in [-0.39, 0.29) is 6.04 Å². The van der Waals surface area contributed by atoms with Crippen LogP contribution in [0.15, 0.2) is 16.6 Å². The van der Waals surface area contributed by atoms with E-state index in [0.29, 0.717) is 18.5 Å². The standard InChI is InChI=1S/C16H25BrN2O2/c1-10-5-11(2)19(9-10)14(8-18)12-6-15(20-3)16(21-4)7-13(12)17/h6-7,10-11,14H,5,8-9,18H2,1-4H3. The Labute approximate surface area is 135 Å². The van der Waals surface area contributed by atoms with E-state index in [9.17, 15) is 0 Å². The minimum Gasteiger partial charge on any atom is -0.493 e. The Hall–Kier alpha value is -0.780. The molecule has 2 N–H and O–H groups in total. The highest BCUT2D eigenvalue weighted by atomic mass is 79.9. The maximum absolute atomic E-state index is 6.09. The number of likely N-dealkylation sites (tertiary alicyclic amines) is 1. The van der Waals surface area contributed by atoms with Crippen molar-refractivity contribution < 1.29 is 9.47 Å². The minimum absolute atomic E-state index is 0.194. The molecule has 0 bridgehead atoms. The van der Waals surface area contributed by atoms with Crippen LogP contribution >= 0.6 is 15.9 Å². The summed E-state index contributed by atoms with van der Waals surface area (Å²) in [4.78, 5) is 2.50. The Morgan fingerprint density at radius 3 is 2.38 bits per heavy atom. The molecule has 5 heteroatoms. The van der Waals surface area contributed by atoms with E-state index in [1.165, 1.54) is 6.42 Å². The van der Waals surface area contributed by atoms with E-state index in [2.05, 4.69) is 34.7 Å². The maximum Gasteiger partial charge on any atom is 0.161 e. The van der Waals surface area contributed by atoms with Crippen molar-refractivity contribution in [3.63, 3.8) is 0 Å². The molecule has 1 aromatic rings. The van der Waals surface area contributed by atoms with E-state index in [0.717, 1.165) is 28.1 Å². The molecule has 1 saturated heterocycles. The molecule has 1 fully saturated rings. The van der Waals surface area contributed by atoms with Crippen LogP contribution < -0.4 is 15.2 Å². The summed E-state index contributed by atoms with van der Waals surface area (Å²) in [5.74, 6) is 2.19. The molecule has 0 aliphatic carbocycles. The van der Waals surface area contributed by atoms with Crippen LogP contribution in [0.5, 0.6) is 11.5 Å². The first-order chi connectivity index (χ1) is 10.0. The van der Waals surface area contributed by atoms with Crippen molar-refractivity contribution in [3.05, 3.63) is 22.2 Å². The van der Waals surface area contributed by atoms with Crippen molar-refractivity contribution >= 4 is 15.9 Å². The van der Waals surface area contributed by atoms with E-state index < -0.39 is 0 Å². The van der Waals surface area contributed by atoms with Gasteiger partial charge in [-0.15, -0.1) is 0 Å². The highest BCUT2D eigenvalue weighted by molar-refractivity contribution is 9.10. The number of methoxy groups -OCH3 is 2. The summed E-state index contributed by atoms with van der Waals surface area (Å²) in [7, 11) is 3.31. The first-order valence-electron chi connectivity index (χ1n) is 7.39. The molecule has 1 heterocycles. The number of nitrogens with zero attached hydrogens (tertiary/aromatic N) is 1. The molecule has 0 aromatic heterocycles. The van der Waals surface area contributed by atoms with Gasteiger partial charge in [0.05, 0.1) is 14.2 Å². The van der Waals surface area contributed by atoms with Crippen LogP contribution in [0.2, 0.25) is 0 Å². The van der Waals surface area contributed by atoms with Crippen molar-refractivity contribution in [2.75, 3.05) is 27.3 Å². The fraction of sp³-hybridized carbons (Fsp3) is 0.625. The van der Waals surface area contributed by atoms with Gasteiger partial charge in [0.2, 0.25) is 0 Å². The van der Waals surface area contributed by atoms with Gasteiger partial charge in [-0.3, -0.25) is 4.90 Å². The molecule has 0 radical (unpaired) electrons. The molecule has 4 nitrogen and oxygen atoms in total. The topological polar surface area (TPSA) is 47.7 Å². The third kappa shape index (κ3) is 3.35. The number of hydrogen-bond donors (Lipinski definition) is 1. The zero-order chi connectivity index (χ0) is 15.6. The second-order valence-corrected chi connectivity index (χ2v) is 6.72. The molecule has 0 spiro atoms. The number of rotatable bonds is 5. The molecule has 0 saturated carbocycles. The van der Waals surface area contributed by atoms with Gasteiger partial charge in [-0.05, 0) is 37.0 Å². The monoisotopic (exact) mass is 356 g/mol. The van der Waals surface area contributed by atoms with E-state index in [1.807, 2.05) is 12.1 Å². The second-order valence-electron chi connectivity index (χ2n) is 5.87. The summed E-state index contributed by atoms with van der Waals surface area (Å²) in [6, 6.07) is 4.74. The highest BCUT2D eigenvalue weighted by Gasteiger charge is 2.33. The van der Waals surface area contributed by atoms with Gasteiger partial charge in [0.25, 0.3) is 0 Å². The zero-order valence-corrected chi connectivity index (χ0v) is 14.8. The average molecular weight is 357 g/mol. The second kappa shape index (κ2) is 6.99. The van der Waals surface area contributed by atoms with E-state index in [1.54, 1.807) is 14.2 Å². The average Bonchev–Trinajstić information content (AvgIpc) is 2.79. The number of halogens is 1. The normalized spacial score (nSPS) is 24.1. The zero-order valence-electron chi connectivity index (χ0n) is 13.2. The van der Waals surface area contributed by atoms with Crippen LogP contribution in [-0.4, -0.2) is 38.3 Å². The van der Waals surface area contributed by atoms with Gasteiger partial charge < -0.3 is 15.2 Å². The fourth-order valence-electron chi connectivity index (χ4n) is 3.33. The van der Waals surface area contributed by atoms with Gasteiger partial charge in [-0.25, -0.2) is 0 Å². The van der Waals surface area contributed by atoms with Crippen LogP contribution in [0.1, 0.15) is 31.9 Å². The lowest BCUT2D eigenvalue weighted by Gasteiger charge is -2.32. The SMILES string of the molecule is COc1cc(Br)c(C(CN)N2CC(C)CC2C)cc1OC.